The predicted molar refractivity (Wildman–Crippen MR) is 85.5 cm³/mol. The Kier molecular flexibility index (Phi) is 5.33. The summed E-state index contributed by atoms with van der Waals surface area (Å²) < 4.78 is 0. The normalized spacial score (nSPS) is 13.6. The zero-order valence-corrected chi connectivity index (χ0v) is 13.3. The Morgan fingerprint density at radius 3 is 2.55 bits per heavy atom. The lowest BCUT2D eigenvalue weighted by atomic mass is 9.95. The van der Waals surface area contributed by atoms with Crippen LogP contribution in [0, 0.1) is 13.8 Å². The van der Waals surface area contributed by atoms with Gasteiger partial charge in [0.2, 0.25) is 5.91 Å². The van der Waals surface area contributed by atoms with E-state index in [9.17, 15) is 9.90 Å². The molecule has 0 radical (unpaired) electrons. The van der Waals surface area contributed by atoms with Crippen molar-refractivity contribution in [2.45, 2.75) is 39.2 Å². The highest BCUT2D eigenvalue weighted by Crippen LogP contribution is 2.24. The summed E-state index contributed by atoms with van der Waals surface area (Å²) in [6.45, 7) is 5.80. The van der Waals surface area contributed by atoms with Gasteiger partial charge in [0.05, 0.1) is 18.3 Å². The lowest BCUT2D eigenvalue weighted by Gasteiger charge is -2.18. The first-order valence-electron chi connectivity index (χ1n) is 7.49. The van der Waals surface area contributed by atoms with Crippen molar-refractivity contribution in [1.82, 2.24) is 15.5 Å². The average molecular weight is 301 g/mol. The van der Waals surface area contributed by atoms with Crippen molar-refractivity contribution in [3.05, 3.63) is 52.8 Å². The van der Waals surface area contributed by atoms with Gasteiger partial charge in [0.15, 0.2) is 0 Å². The van der Waals surface area contributed by atoms with Crippen LogP contribution in [0.4, 0.5) is 0 Å². The van der Waals surface area contributed by atoms with Crippen molar-refractivity contribution in [3.8, 4) is 0 Å². The zero-order chi connectivity index (χ0) is 16.1. The smallest absolute Gasteiger partial charge is 0.221 e. The molecule has 0 bridgehead atoms. The summed E-state index contributed by atoms with van der Waals surface area (Å²) in [6, 6.07) is 9.12. The Labute approximate surface area is 130 Å². The van der Waals surface area contributed by atoms with E-state index in [2.05, 4.69) is 15.5 Å². The number of aliphatic hydroxyl groups excluding tert-OH is 1. The summed E-state index contributed by atoms with van der Waals surface area (Å²) in [4.78, 5) is 12.3. The van der Waals surface area contributed by atoms with Gasteiger partial charge in [-0.05, 0) is 30.9 Å². The number of aromatic amines is 1. The van der Waals surface area contributed by atoms with Gasteiger partial charge >= 0.3 is 0 Å². The monoisotopic (exact) mass is 301 g/mol. The van der Waals surface area contributed by atoms with Crippen LogP contribution in [0.3, 0.4) is 0 Å². The molecule has 0 saturated carbocycles. The molecule has 1 aromatic heterocycles. The molecule has 0 saturated heterocycles. The molecular formula is C17H23N3O2. The maximum absolute atomic E-state index is 12.3. The Morgan fingerprint density at radius 2 is 2.00 bits per heavy atom. The summed E-state index contributed by atoms with van der Waals surface area (Å²) in [6.07, 6.45) is 0.366. The molecule has 0 aliphatic carbocycles. The number of H-pyrrole nitrogens is 1. The quantitative estimate of drug-likeness (QED) is 0.766. The molecule has 0 aliphatic heterocycles. The molecule has 0 spiro atoms. The number of nitrogens with zero attached hydrogens (tertiary/aromatic N) is 1. The van der Waals surface area contributed by atoms with Gasteiger partial charge in [-0.1, -0.05) is 37.3 Å². The molecule has 0 aliphatic rings. The Morgan fingerprint density at radius 1 is 1.32 bits per heavy atom. The Bertz CT molecular complexity index is 603. The van der Waals surface area contributed by atoms with Crippen molar-refractivity contribution in [3.63, 3.8) is 0 Å². The maximum atomic E-state index is 12.3. The molecule has 22 heavy (non-hydrogen) atoms. The molecule has 0 fully saturated rings. The highest BCUT2D eigenvalue weighted by Gasteiger charge is 2.20. The fraction of sp³-hybridized carbons (Fsp3) is 0.412. The van der Waals surface area contributed by atoms with E-state index >= 15 is 0 Å². The number of carbonyl (C=O) groups is 1. The van der Waals surface area contributed by atoms with Crippen LogP contribution in [0.25, 0.3) is 0 Å². The Hall–Kier alpha value is -2.14. The molecule has 1 aromatic carbocycles. The van der Waals surface area contributed by atoms with E-state index in [1.54, 1.807) is 0 Å². The van der Waals surface area contributed by atoms with E-state index < -0.39 is 0 Å². The summed E-state index contributed by atoms with van der Waals surface area (Å²) in [5.41, 5.74) is 3.93. The van der Waals surface area contributed by atoms with Crippen LogP contribution in [0.5, 0.6) is 0 Å². The number of hydrogen-bond donors (Lipinski definition) is 3. The third-order valence-electron chi connectivity index (χ3n) is 3.89. The molecule has 1 unspecified atom stereocenters. The second kappa shape index (κ2) is 7.22. The minimum Gasteiger partial charge on any atom is -0.394 e. The number of amides is 1. The van der Waals surface area contributed by atoms with E-state index in [1.807, 2.05) is 51.1 Å². The van der Waals surface area contributed by atoms with E-state index in [0.717, 1.165) is 22.5 Å². The van der Waals surface area contributed by atoms with Crippen LogP contribution in [-0.2, 0) is 4.79 Å². The summed E-state index contributed by atoms with van der Waals surface area (Å²) in [7, 11) is 0. The molecule has 2 rings (SSSR count). The van der Waals surface area contributed by atoms with Crippen LogP contribution in [-0.4, -0.2) is 27.8 Å². The second-order valence-corrected chi connectivity index (χ2v) is 5.67. The highest BCUT2D eigenvalue weighted by atomic mass is 16.3. The van der Waals surface area contributed by atoms with E-state index in [0.29, 0.717) is 6.42 Å². The van der Waals surface area contributed by atoms with E-state index in [1.165, 1.54) is 0 Å². The number of aromatic nitrogens is 2. The minimum absolute atomic E-state index is 0.0737. The van der Waals surface area contributed by atoms with Crippen LogP contribution in [0.2, 0.25) is 0 Å². The largest absolute Gasteiger partial charge is 0.394 e. The molecular weight excluding hydrogens is 278 g/mol. The minimum atomic E-state index is -0.368. The van der Waals surface area contributed by atoms with Crippen LogP contribution >= 0.6 is 0 Å². The topological polar surface area (TPSA) is 78.0 Å². The summed E-state index contributed by atoms with van der Waals surface area (Å²) in [5.74, 6) is 0.00395. The number of carbonyl (C=O) groups excluding carboxylic acids is 1. The predicted octanol–water partition coefficient (Wildman–Crippen LogP) is 2.37. The number of hydrogen-bond acceptors (Lipinski definition) is 3. The van der Waals surface area contributed by atoms with E-state index in [-0.39, 0.29) is 24.5 Å². The molecule has 5 nitrogen and oxygen atoms in total. The van der Waals surface area contributed by atoms with Gasteiger partial charge in [-0.15, -0.1) is 0 Å². The van der Waals surface area contributed by atoms with Gasteiger partial charge in [0.1, 0.15) is 0 Å². The van der Waals surface area contributed by atoms with Crippen molar-refractivity contribution in [2.75, 3.05) is 6.61 Å². The summed E-state index contributed by atoms with van der Waals surface area (Å²) >= 11 is 0. The first-order valence-corrected chi connectivity index (χ1v) is 7.49. The second-order valence-electron chi connectivity index (χ2n) is 5.67. The average Bonchev–Trinajstić information content (AvgIpc) is 2.84. The molecule has 1 heterocycles. The van der Waals surface area contributed by atoms with Crippen LogP contribution < -0.4 is 5.32 Å². The lowest BCUT2D eigenvalue weighted by molar-refractivity contribution is -0.122. The standard InChI is InChI=1S/C17H23N3O2/c1-11(17-12(2)19-20-13(17)3)9-16(22)18-15(10-21)14-7-5-4-6-8-14/h4-8,11,15,21H,9-10H2,1-3H3,(H,18,22)(H,19,20)/t11?,15-/m1/s1. The van der Waals surface area contributed by atoms with Gasteiger partial charge < -0.3 is 10.4 Å². The molecule has 2 atom stereocenters. The molecule has 5 heteroatoms. The van der Waals surface area contributed by atoms with Crippen molar-refractivity contribution < 1.29 is 9.90 Å². The van der Waals surface area contributed by atoms with Crippen molar-refractivity contribution in [2.24, 2.45) is 0 Å². The lowest BCUT2D eigenvalue weighted by Crippen LogP contribution is -2.31. The fourth-order valence-electron chi connectivity index (χ4n) is 2.84. The number of rotatable bonds is 6. The van der Waals surface area contributed by atoms with Crippen molar-refractivity contribution in [1.29, 1.82) is 0 Å². The number of aryl methyl sites for hydroxylation is 2. The third-order valence-corrected chi connectivity index (χ3v) is 3.89. The van der Waals surface area contributed by atoms with Crippen LogP contribution in [0.15, 0.2) is 30.3 Å². The van der Waals surface area contributed by atoms with Crippen LogP contribution in [0.1, 0.15) is 47.8 Å². The first-order chi connectivity index (χ1) is 10.5. The van der Waals surface area contributed by atoms with Gasteiger partial charge in [-0.2, -0.15) is 5.10 Å². The molecule has 3 N–H and O–H groups in total. The zero-order valence-electron chi connectivity index (χ0n) is 13.3. The summed E-state index contributed by atoms with van der Waals surface area (Å²) in [5, 5.41) is 19.5. The third kappa shape index (κ3) is 3.74. The highest BCUT2D eigenvalue weighted by molar-refractivity contribution is 5.77. The number of nitrogens with one attached hydrogen (secondary N) is 2. The van der Waals surface area contributed by atoms with Gasteiger partial charge in [-0.3, -0.25) is 9.89 Å². The fourth-order valence-corrected chi connectivity index (χ4v) is 2.84. The SMILES string of the molecule is Cc1n[nH]c(C)c1C(C)CC(=O)N[C@H](CO)c1ccccc1. The van der Waals surface area contributed by atoms with E-state index in [4.69, 9.17) is 0 Å². The number of aliphatic hydroxyl groups is 1. The van der Waals surface area contributed by atoms with Gasteiger partial charge in [0, 0.05) is 12.1 Å². The first kappa shape index (κ1) is 16.2. The molecule has 118 valence electrons. The maximum Gasteiger partial charge on any atom is 0.221 e. The van der Waals surface area contributed by atoms with Crippen molar-refractivity contribution >= 4 is 5.91 Å². The van der Waals surface area contributed by atoms with Gasteiger partial charge in [-0.25, -0.2) is 0 Å². The van der Waals surface area contributed by atoms with Gasteiger partial charge in [0.25, 0.3) is 0 Å². The molecule has 1 amide bonds. The number of benzene rings is 1. The Balaban J connectivity index is 2.00. The molecule has 2 aromatic rings.